The van der Waals surface area contributed by atoms with E-state index < -0.39 is 17.4 Å². The first-order chi connectivity index (χ1) is 8.58. The van der Waals surface area contributed by atoms with Crippen LogP contribution in [0.15, 0.2) is 24.5 Å². The Morgan fingerprint density at radius 3 is 2.89 bits per heavy atom. The van der Waals surface area contributed by atoms with Gasteiger partial charge in [-0.3, -0.25) is 9.59 Å². The number of hydrogen-bond acceptors (Lipinski definition) is 3. The summed E-state index contributed by atoms with van der Waals surface area (Å²) in [6.45, 7) is 2.25. The van der Waals surface area contributed by atoms with Gasteiger partial charge in [-0.2, -0.15) is 0 Å². The Hall–Kier alpha value is -2.37. The highest BCUT2D eigenvalue weighted by molar-refractivity contribution is 6.35. The first-order valence-electron chi connectivity index (χ1n) is 5.62. The molecule has 1 unspecified atom stereocenters. The number of H-pyrrole nitrogens is 1. The first kappa shape index (κ1) is 10.8. The normalized spacial score (nSPS) is 23.8. The number of aromatic nitrogens is 2. The Balaban J connectivity index is 2.02. The van der Waals surface area contributed by atoms with Crippen molar-refractivity contribution in [3.63, 3.8) is 0 Å². The molecule has 1 fully saturated rings. The van der Waals surface area contributed by atoms with Crippen LogP contribution in [0.1, 0.15) is 12.5 Å². The van der Waals surface area contributed by atoms with Crippen molar-refractivity contribution in [1.82, 2.24) is 20.6 Å². The van der Waals surface area contributed by atoms with Crippen LogP contribution < -0.4 is 10.6 Å². The van der Waals surface area contributed by atoms with Crippen LogP contribution in [0.3, 0.4) is 0 Å². The number of aromatic amines is 1. The molecule has 2 aromatic rings. The van der Waals surface area contributed by atoms with Crippen LogP contribution in [0.25, 0.3) is 11.0 Å². The fourth-order valence-corrected chi connectivity index (χ4v) is 2.14. The molecular formula is C12H12N4O2. The van der Waals surface area contributed by atoms with Gasteiger partial charge in [0.05, 0.1) is 22.9 Å². The quantitative estimate of drug-likeness (QED) is 0.618. The van der Waals surface area contributed by atoms with Crippen LogP contribution in [-0.2, 0) is 15.1 Å². The van der Waals surface area contributed by atoms with Crippen LogP contribution in [0, 0.1) is 0 Å². The van der Waals surface area contributed by atoms with Crippen molar-refractivity contribution in [3.05, 3.63) is 30.1 Å². The lowest BCUT2D eigenvalue weighted by atomic mass is 9.90. The summed E-state index contributed by atoms with van der Waals surface area (Å²) in [7, 11) is 0. The summed E-state index contributed by atoms with van der Waals surface area (Å²) in [5.74, 6) is -1.19. The maximum atomic E-state index is 11.5. The number of benzene rings is 1. The largest absolute Gasteiger partial charge is 0.345 e. The standard InChI is InChI=1S/C12H12N4O2/c1-12(5-13-10(17)11(18)16-12)7-2-3-8-9(4-7)15-6-14-8/h2-4,6H,5H2,1H3,(H,13,17)(H,14,15)(H,16,18). The molecule has 0 bridgehead atoms. The molecule has 1 saturated heterocycles. The molecule has 1 aromatic carbocycles. The number of piperazine rings is 1. The second-order valence-electron chi connectivity index (χ2n) is 4.60. The van der Waals surface area contributed by atoms with E-state index in [0.29, 0.717) is 6.54 Å². The number of carbonyl (C=O) groups is 2. The minimum absolute atomic E-state index is 0.372. The van der Waals surface area contributed by atoms with E-state index in [0.717, 1.165) is 16.6 Å². The Kier molecular flexibility index (Phi) is 2.13. The number of rotatable bonds is 1. The predicted molar refractivity (Wildman–Crippen MR) is 64.6 cm³/mol. The third kappa shape index (κ3) is 1.54. The predicted octanol–water partition coefficient (Wildman–Crippen LogP) is 0.0241. The minimum Gasteiger partial charge on any atom is -0.345 e. The van der Waals surface area contributed by atoms with E-state index in [-0.39, 0.29) is 0 Å². The van der Waals surface area contributed by atoms with Crippen molar-refractivity contribution in [1.29, 1.82) is 0 Å². The van der Waals surface area contributed by atoms with Crippen LogP contribution in [-0.4, -0.2) is 28.3 Å². The van der Waals surface area contributed by atoms with E-state index in [9.17, 15) is 9.59 Å². The summed E-state index contributed by atoms with van der Waals surface area (Å²) < 4.78 is 0. The Labute approximate surface area is 103 Å². The van der Waals surface area contributed by atoms with Crippen molar-refractivity contribution < 1.29 is 9.59 Å². The number of nitrogens with one attached hydrogen (secondary N) is 3. The van der Waals surface area contributed by atoms with Gasteiger partial charge in [0.25, 0.3) is 0 Å². The molecule has 3 rings (SSSR count). The highest BCUT2D eigenvalue weighted by atomic mass is 16.2. The lowest BCUT2D eigenvalue weighted by Crippen LogP contribution is -2.60. The molecule has 1 atom stereocenters. The molecule has 0 saturated carbocycles. The Morgan fingerprint density at radius 2 is 2.11 bits per heavy atom. The second kappa shape index (κ2) is 3.56. The minimum atomic E-state index is -0.603. The van der Waals surface area contributed by atoms with Gasteiger partial charge in [-0.25, -0.2) is 4.98 Å². The van der Waals surface area contributed by atoms with Gasteiger partial charge in [-0.05, 0) is 24.6 Å². The molecule has 2 amide bonds. The molecule has 1 aromatic heterocycles. The lowest BCUT2D eigenvalue weighted by Gasteiger charge is -2.34. The van der Waals surface area contributed by atoms with Crippen molar-refractivity contribution in [2.24, 2.45) is 0 Å². The van der Waals surface area contributed by atoms with Gasteiger partial charge in [-0.15, -0.1) is 0 Å². The van der Waals surface area contributed by atoms with Crippen molar-refractivity contribution in [3.8, 4) is 0 Å². The monoisotopic (exact) mass is 244 g/mol. The fraction of sp³-hybridized carbons (Fsp3) is 0.250. The topological polar surface area (TPSA) is 86.9 Å². The van der Waals surface area contributed by atoms with Gasteiger partial charge in [0.2, 0.25) is 0 Å². The maximum absolute atomic E-state index is 11.5. The van der Waals surface area contributed by atoms with Crippen LogP contribution in [0.2, 0.25) is 0 Å². The molecular weight excluding hydrogens is 232 g/mol. The molecule has 0 spiro atoms. The van der Waals surface area contributed by atoms with E-state index >= 15 is 0 Å². The molecule has 6 heteroatoms. The third-order valence-corrected chi connectivity index (χ3v) is 3.26. The van der Waals surface area contributed by atoms with Crippen molar-refractivity contribution in [2.75, 3.05) is 6.54 Å². The number of fused-ring (bicyclic) bond motifs is 1. The highest BCUT2D eigenvalue weighted by Gasteiger charge is 2.36. The summed E-state index contributed by atoms with van der Waals surface area (Å²) in [4.78, 5) is 29.8. The summed E-state index contributed by atoms with van der Waals surface area (Å²) in [6.07, 6.45) is 1.62. The molecule has 3 N–H and O–H groups in total. The average molecular weight is 244 g/mol. The fourth-order valence-electron chi connectivity index (χ4n) is 2.14. The smallest absolute Gasteiger partial charge is 0.310 e. The summed E-state index contributed by atoms with van der Waals surface area (Å²) >= 11 is 0. The molecule has 6 nitrogen and oxygen atoms in total. The van der Waals surface area contributed by atoms with Gasteiger partial charge in [0.15, 0.2) is 0 Å². The zero-order valence-electron chi connectivity index (χ0n) is 9.78. The van der Waals surface area contributed by atoms with Gasteiger partial charge in [0, 0.05) is 6.54 Å². The number of carbonyl (C=O) groups excluding carboxylic acids is 2. The zero-order chi connectivity index (χ0) is 12.8. The summed E-state index contributed by atoms with van der Waals surface area (Å²) in [6, 6.07) is 5.72. The third-order valence-electron chi connectivity index (χ3n) is 3.26. The van der Waals surface area contributed by atoms with E-state index in [4.69, 9.17) is 0 Å². The molecule has 2 heterocycles. The van der Waals surface area contributed by atoms with Gasteiger partial charge in [0.1, 0.15) is 0 Å². The highest BCUT2D eigenvalue weighted by Crippen LogP contribution is 2.24. The van der Waals surface area contributed by atoms with Gasteiger partial charge < -0.3 is 15.6 Å². The molecule has 1 aliphatic heterocycles. The number of imidazole rings is 1. The number of amides is 2. The van der Waals surface area contributed by atoms with Crippen LogP contribution >= 0.6 is 0 Å². The van der Waals surface area contributed by atoms with E-state index in [2.05, 4.69) is 20.6 Å². The first-order valence-corrected chi connectivity index (χ1v) is 5.62. The van der Waals surface area contributed by atoms with E-state index in [1.807, 2.05) is 25.1 Å². The van der Waals surface area contributed by atoms with Gasteiger partial charge in [-0.1, -0.05) is 6.07 Å². The lowest BCUT2D eigenvalue weighted by molar-refractivity contribution is -0.142. The van der Waals surface area contributed by atoms with Crippen LogP contribution in [0.5, 0.6) is 0 Å². The molecule has 0 radical (unpaired) electrons. The number of nitrogens with zero attached hydrogens (tertiary/aromatic N) is 1. The second-order valence-corrected chi connectivity index (χ2v) is 4.60. The summed E-state index contributed by atoms with van der Waals surface area (Å²) in [5.41, 5.74) is 2.10. The molecule has 0 aliphatic carbocycles. The van der Waals surface area contributed by atoms with E-state index in [1.54, 1.807) is 6.33 Å². The number of hydrogen-bond donors (Lipinski definition) is 3. The van der Waals surface area contributed by atoms with Crippen molar-refractivity contribution in [2.45, 2.75) is 12.5 Å². The molecule has 1 aliphatic rings. The van der Waals surface area contributed by atoms with Crippen LogP contribution in [0.4, 0.5) is 0 Å². The molecule has 92 valence electrons. The molecule has 18 heavy (non-hydrogen) atoms. The zero-order valence-corrected chi connectivity index (χ0v) is 9.78. The summed E-state index contributed by atoms with van der Waals surface area (Å²) in [5, 5.41) is 5.32. The van der Waals surface area contributed by atoms with Crippen molar-refractivity contribution >= 4 is 22.8 Å². The van der Waals surface area contributed by atoms with Gasteiger partial charge >= 0.3 is 11.8 Å². The maximum Gasteiger partial charge on any atom is 0.310 e. The SMILES string of the molecule is CC1(c2ccc3nc[nH]c3c2)CNC(=O)C(=O)N1. The average Bonchev–Trinajstić information content (AvgIpc) is 2.81. The Morgan fingerprint density at radius 1 is 1.28 bits per heavy atom. The van der Waals surface area contributed by atoms with E-state index in [1.165, 1.54) is 0 Å². The Bertz CT molecular complexity index is 648.